The summed E-state index contributed by atoms with van der Waals surface area (Å²) < 4.78 is 10.2. The Balaban J connectivity index is 1.91. The first-order valence-electron chi connectivity index (χ1n) is 7.36. The molecule has 1 aliphatic rings. The lowest BCUT2D eigenvalue weighted by Gasteiger charge is -2.26. The molecule has 7 nitrogen and oxygen atoms in total. The van der Waals surface area contributed by atoms with Crippen LogP contribution in [-0.2, 0) is 9.59 Å². The number of nitrogens with zero attached hydrogens (tertiary/aromatic N) is 1. The molecule has 3 rings (SSSR count). The van der Waals surface area contributed by atoms with E-state index < -0.39 is 17.8 Å². The number of barbiturate groups is 1. The Morgan fingerprint density at radius 3 is 2.72 bits per heavy atom. The van der Waals surface area contributed by atoms with Crippen molar-refractivity contribution in [1.29, 1.82) is 0 Å². The predicted octanol–water partition coefficient (Wildman–Crippen LogP) is 2.51. The minimum atomic E-state index is -0.810. The maximum absolute atomic E-state index is 12.6. The zero-order valence-corrected chi connectivity index (χ0v) is 13.3. The highest BCUT2D eigenvalue weighted by molar-refractivity contribution is 6.37. The number of ether oxygens (including phenoxy) is 1. The SMILES string of the molecule is COc1cccc(N2C(=O)NC(=O)/C(=C/C=C/c3ccco3)C2=O)c1. The van der Waals surface area contributed by atoms with Crippen LogP contribution in [0.4, 0.5) is 10.5 Å². The van der Waals surface area contributed by atoms with Gasteiger partial charge in [0.05, 0.1) is 19.1 Å². The Morgan fingerprint density at radius 2 is 2.00 bits per heavy atom. The first-order valence-corrected chi connectivity index (χ1v) is 7.36. The van der Waals surface area contributed by atoms with Crippen LogP contribution < -0.4 is 15.0 Å². The summed E-state index contributed by atoms with van der Waals surface area (Å²) in [6.45, 7) is 0. The molecular formula is C18H14N2O5. The van der Waals surface area contributed by atoms with Crippen molar-refractivity contribution in [3.63, 3.8) is 0 Å². The number of hydrogen-bond acceptors (Lipinski definition) is 5. The van der Waals surface area contributed by atoms with Crippen LogP contribution in [0.5, 0.6) is 5.75 Å². The minimum Gasteiger partial charge on any atom is -0.497 e. The third kappa shape index (κ3) is 3.35. The number of urea groups is 1. The van der Waals surface area contributed by atoms with Gasteiger partial charge >= 0.3 is 6.03 Å². The van der Waals surface area contributed by atoms with Gasteiger partial charge in [-0.25, -0.2) is 9.69 Å². The standard InChI is InChI=1S/C18H14N2O5/c1-24-14-7-2-5-12(11-14)20-17(22)15(16(21)19-18(20)23)9-3-6-13-8-4-10-25-13/h2-11H,1H3,(H,19,21,23)/b6-3+,15-9-. The zero-order chi connectivity index (χ0) is 17.8. The maximum atomic E-state index is 12.6. The number of methoxy groups -OCH3 is 1. The molecule has 1 aliphatic heterocycles. The van der Waals surface area contributed by atoms with Crippen LogP contribution in [0.15, 0.2) is 64.8 Å². The quantitative estimate of drug-likeness (QED) is 0.683. The van der Waals surface area contributed by atoms with Crippen molar-refractivity contribution in [3.8, 4) is 5.75 Å². The molecule has 0 spiro atoms. The summed E-state index contributed by atoms with van der Waals surface area (Å²) in [5.74, 6) is -0.413. The molecule has 0 bridgehead atoms. The molecule has 126 valence electrons. The van der Waals surface area contributed by atoms with E-state index in [4.69, 9.17) is 9.15 Å². The number of allylic oxidation sites excluding steroid dienone is 2. The highest BCUT2D eigenvalue weighted by Crippen LogP contribution is 2.24. The third-order valence-electron chi connectivity index (χ3n) is 3.48. The second-order valence-electron chi connectivity index (χ2n) is 5.06. The fourth-order valence-electron chi connectivity index (χ4n) is 2.29. The second kappa shape index (κ2) is 6.88. The van der Waals surface area contributed by atoms with E-state index in [1.54, 1.807) is 36.4 Å². The summed E-state index contributed by atoms with van der Waals surface area (Å²) in [5, 5.41) is 2.15. The smallest absolute Gasteiger partial charge is 0.335 e. The van der Waals surface area contributed by atoms with Gasteiger partial charge in [0.15, 0.2) is 0 Å². The van der Waals surface area contributed by atoms with Crippen molar-refractivity contribution in [2.24, 2.45) is 0 Å². The average Bonchev–Trinajstić information content (AvgIpc) is 3.11. The molecule has 4 amide bonds. The van der Waals surface area contributed by atoms with E-state index >= 15 is 0 Å². The number of hydrogen-bond donors (Lipinski definition) is 1. The van der Waals surface area contributed by atoms with Gasteiger partial charge in [-0.05, 0) is 36.4 Å². The number of nitrogens with one attached hydrogen (secondary N) is 1. The predicted molar refractivity (Wildman–Crippen MR) is 89.8 cm³/mol. The van der Waals surface area contributed by atoms with E-state index in [2.05, 4.69) is 5.32 Å². The first kappa shape index (κ1) is 16.3. The van der Waals surface area contributed by atoms with E-state index in [0.717, 1.165) is 4.90 Å². The van der Waals surface area contributed by atoms with Crippen LogP contribution in [-0.4, -0.2) is 25.0 Å². The number of benzene rings is 1. The molecule has 0 atom stereocenters. The monoisotopic (exact) mass is 338 g/mol. The van der Waals surface area contributed by atoms with Gasteiger partial charge in [0.25, 0.3) is 11.8 Å². The molecule has 1 aromatic heterocycles. The molecule has 1 fully saturated rings. The Hall–Kier alpha value is -3.61. The van der Waals surface area contributed by atoms with Gasteiger partial charge in [-0.1, -0.05) is 12.1 Å². The van der Waals surface area contributed by atoms with Gasteiger partial charge in [0, 0.05) is 6.07 Å². The van der Waals surface area contributed by atoms with Gasteiger partial charge < -0.3 is 9.15 Å². The summed E-state index contributed by atoms with van der Waals surface area (Å²) in [6.07, 6.45) is 5.94. The molecular weight excluding hydrogens is 324 g/mol. The number of rotatable bonds is 4. The Labute approximate surface area is 143 Å². The number of imide groups is 2. The van der Waals surface area contributed by atoms with Crippen LogP contribution >= 0.6 is 0 Å². The summed E-state index contributed by atoms with van der Waals surface area (Å²) >= 11 is 0. The molecule has 7 heteroatoms. The van der Waals surface area contributed by atoms with Crippen molar-refractivity contribution < 1.29 is 23.5 Å². The lowest BCUT2D eigenvalue weighted by Crippen LogP contribution is -2.54. The van der Waals surface area contributed by atoms with Crippen LogP contribution in [0.3, 0.4) is 0 Å². The fourth-order valence-corrected chi connectivity index (χ4v) is 2.29. The number of furan rings is 1. The highest BCUT2D eigenvalue weighted by Gasteiger charge is 2.36. The average molecular weight is 338 g/mol. The molecule has 25 heavy (non-hydrogen) atoms. The third-order valence-corrected chi connectivity index (χ3v) is 3.48. The highest BCUT2D eigenvalue weighted by atomic mass is 16.5. The number of amides is 4. The molecule has 0 saturated carbocycles. The van der Waals surface area contributed by atoms with E-state index in [0.29, 0.717) is 17.2 Å². The first-order chi connectivity index (χ1) is 12.1. The zero-order valence-electron chi connectivity index (χ0n) is 13.3. The van der Waals surface area contributed by atoms with E-state index in [1.165, 1.54) is 31.6 Å². The molecule has 0 aliphatic carbocycles. The van der Waals surface area contributed by atoms with Crippen molar-refractivity contribution in [3.05, 3.63) is 66.1 Å². The van der Waals surface area contributed by atoms with Crippen molar-refractivity contribution in [1.82, 2.24) is 5.32 Å². The summed E-state index contributed by atoms with van der Waals surface area (Å²) in [6, 6.07) is 9.07. The largest absolute Gasteiger partial charge is 0.497 e. The van der Waals surface area contributed by atoms with E-state index in [1.807, 2.05) is 0 Å². The Bertz CT molecular complexity index is 881. The van der Waals surface area contributed by atoms with Crippen LogP contribution in [0.25, 0.3) is 6.08 Å². The van der Waals surface area contributed by atoms with Crippen molar-refractivity contribution in [2.45, 2.75) is 0 Å². The van der Waals surface area contributed by atoms with Crippen molar-refractivity contribution >= 4 is 29.6 Å². The van der Waals surface area contributed by atoms with Gasteiger partial charge in [0.1, 0.15) is 17.1 Å². The number of carbonyl (C=O) groups excluding carboxylic acids is 3. The van der Waals surface area contributed by atoms with E-state index in [9.17, 15) is 14.4 Å². The lowest BCUT2D eigenvalue weighted by atomic mass is 10.1. The Kier molecular flexibility index (Phi) is 4.47. The van der Waals surface area contributed by atoms with Crippen LogP contribution in [0.1, 0.15) is 5.76 Å². The molecule has 1 N–H and O–H groups in total. The molecule has 2 aromatic rings. The normalized spacial score (nSPS) is 16.6. The second-order valence-corrected chi connectivity index (χ2v) is 5.06. The summed E-state index contributed by atoms with van der Waals surface area (Å²) in [5.41, 5.74) is 0.139. The van der Waals surface area contributed by atoms with Crippen LogP contribution in [0, 0.1) is 0 Å². The fraction of sp³-hybridized carbons (Fsp3) is 0.0556. The molecule has 2 heterocycles. The topological polar surface area (TPSA) is 88.8 Å². The maximum Gasteiger partial charge on any atom is 0.335 e. The van der Waals surface area contributed by atoms with E-state index in [-0.39, 0.29) is 5.57 Å². The minimum absolute atomic E-state index is 0.162. The van der Waals surface area contributed by atoms with Gasteiger partial charge in [-0.2, -0.15) is 0 Å². The van der Waals surface area contributed by atoms with Crippen LogP contribution in [0.2, 0.25) is 0 Å². The molecule has 1 aromatic carbocycles. The number of anilines is 1. The van der Waals surface area contributed by atoms with Gasteiger partial charge in [0.2, 0.25) is 0 Å². The summed E-state index contributed by atoms with van der Waals surface area (Å²) in [4.78, 5) is 37.6. The van der Waals surface area contributed by atoms with Gasteiger partial charge in [-0.15, -0.1) is 0 Å². The van der Waals surface area contributed by atoms with Gasteiger partial charge in [-0.3, -0.25) is 14.9 Å². The molecule has 1 saturated heterocycles. The molecule has 0 unspecified atom stereocenters. The summed E-state index contributed by atoms with van der Waals surface area (Å²) in [7, 11) is 1.48. The van der Waals surface area contributed by atoms with Crippen molar-refractivity contribution in [2.75, 3.05) is 12.0 Å². The molecule has 0 radical (unpaired) electrons. The Morgan fingerprint density at radius 1 is 1.16 bits per heavy atom. The number of carbonyl (C=O) groups is 3. The lowest BCUT2D eigenvalue weighted by molar-refractivity contribution is -0.122.